The number of likely N-dealkylation sites (tertiary alicyclic amines) is 2. The SMILES string of the molecule is Cc1cc2ccccc2n1CC(=O)N1CCC(C(=O)N2CCCC2)CC1. The minimum atomic E-state index is 0.103. The van der Waals surface area contributed by atoms with Gasteiger partial charge in [-0.2, -0.15) is 0 Å². The molecule has 2 fully saturated rings. The molecule has 0 N–H and O–H groups in total. The predicted molar refractivity (Wildman–Crippen MR) is 102 cm³/mol. The van der Waals surface area contributed by atoms with Crippen molar-refractivity contribution in [1.82, 2.24) is 14.4 Å². The first-order valence-electron chi connectivity index (χ1n) is 9.75. The minimum Gasteiger partial charge on any atom is -0.342 e. The highest BCUT2D eigenvalue weighted by molar-refractivity contribution is 5.84. The highest BCUT2D eigenvalue weighted by Gasteiger charge is 2.31. The molecule has 2 aliphatic rings. The summed E-state index contributed by atoms with van der Waals surface area (Å²) < 4.78 is 2.10. The molecule has 4 rings (SSSR count). The third-order valence-corrected chi connectivity index (χ3v) is 5.93. The van der Waals surface area contributed by atoms with Gasteiger partial charge >= 0.3 is 0 Å². The van der Waals surface area contributed by atoms with Crippen molar-refractivity contribution >= 4 is 22.7 Å². The van der Waals surface area contributed by atoms with E-state index in [-0.39, 0.29) is 11.8 Å². The zero-order valence-corrected chi connectivity index (χ0v) is 15.5. The van der Waals surface area contributed by atoms with Crippen LogP contribution in [0.5, 0.6) is 0 Å². The summed E-state index contributed by atoms with van der Waals surface area (Å²) in [4.78, 5) is 29.3. The Bertz CT molecular complexity index is 812. The number of para-hydroxylation sites is 1. The van der Waals surface area contributed by atoms with Gasteiger partial charge in [-0.15, -0.1) is 0 Å². The van der Waals surface area contributed by atoms with Gasteiger partial charge < -0.3 is 14.4 Å². The van der Waals surface area contributed by atoms with E-state index in [1.54, 1.807) is 0 Å². The van der Waals surface area contributed by atoms with Gasteiger partial charge in [0.15, 0.2) is 0 Å². The zero-order chi connectivity index (χ0) is 18.1. The number of aromatic nitrogens is 1. The molecule has 0 spiro atoms. The Kier molecular flexibility index (Phi) is 4.70. The molecule has 2 aromatic rings. The lowest BCUT2D eigenvalue weighted by Crippen LogP contribution is -2.44. The van der Waals surface area contributed by atoms with Crippen LogP contribution in [0.3, 0.4) is 0 Å². The van der Waals surface area contributed by atoms with Gasteiger partial charge in [0.05, 0.1) is 0 Å². The standard InChI is InChI=1S/C21H27N3O2/c1-16-14-18-6-2-3-7-19(18)24(16)15-20(25)22-12-8-17(9-13-22)21(26)23-10-4-5-11-23/h2-3,6-7,14,17H,4-5,8-13,15H2,1H3. The summed E-state index contributed by atoms with van der Waals surface area (Å²) in [5, 5.41) is 1.17. The summed E-state index contributed by atoms with van der Waals surface area (Å²) in [5.74, 6) is 0.565. The summed E-state index contributed by atoms with van der Waals surface area (Å²) in [5.41, 5.74) is 2.22. The Hall–Kier alpha value is -2.30. The van der Waals surface area contributed by atoms with E-state index in [9.17, 15) is 9.59 Å². The van der Waals surface area contributed by atoms with E-state index in [4.69, 9.17) is 0 Å². The van der Waals surface area contributed by atoms with Gasteiger partial charge in [0.2, 0.25) is 11.8 Å². The van der Waals surface area contributed by atoms with E-state index >= 15 is 0 Å². The molecule has 0 aliphatic carbocycles. The Balaban J connectivity index is 1.37. The number of carbonyl (C=O) groups is 2. The molecule has 0 radical (unpaired) electrons. The van der Waals surface area contributed by atoms with E-state index in [2.05, 4.69) is 22.8 Å². The molecule has 138 valence electrons. The van der Waals surface area contributed by atoms with Crippen molar-refractivity contribution < 1.29 is 9.59 Å². The van der Waals surface area contributed by atoms with Crippen molar-refractivity contribution in [3.63, 3.8) is 0 Å². The quantitative estimate of drug-likeness (QED) is 0.852. The maximum absolute atomic E-state index is 12.8. The zero-order valence-electron chi connectivity index (χ0n) is 15.5. The van der Waals surface area contributed by atoms with Crippen LogP contribution in [0.25, 0.3) is 10.9 Å². The van der Waals surface area contributed by atoms with Crippen molar-refractivity contribution in [1.29, 1.82) is 0 Å². The molecule has 0 saturated carbocycles. The van der Waals surface area contributed by atoms with E-state index in [0.29, 0.717) is 25.5 Å². The average Bonchev–Trinajstić information content (AvgIpc) is 3.30. The predicted octanol–water partition coefficient (Wildman–Crippen LogP) is 2.81. The van der Waals surface area contributed by atoms with Crippen LogP contribution in [-0.2, 0) is 16.1 Å². The molecule has 1 aromatic carbocycles. The number of amides is 2. The summed E-state index contributed by atoms with van der Waals surface area (Å²) in [6.45, 7) is 5.65. The molecule has 5 heteroatoms. The first-order chi connectivity index (χ1) is 12.6. The fraction of sp³-hybridized carbons (Fsp3) is 0.524. The van der Waals surface area contributed by atoms with Gasteiger partial charge in [-0.05, 0) is 50.1 Å². The second-order valence-electron chi connectivity index (χ2n) is 7.62. The molecule has 2 aliphatic heterocycles. The normalized spacial score (nSPS) is 18.7. The number of benzene rings is 1. The lowest BCUT2D eigenvalue weighted by molar-refractivity contribution is -0.140. The van der Waals surface area contributed by atoms with Crippen LogP contribution in [0.1, 0.15) is 31.4 Å². The van der Waals surface area contributed by atoms with Gasteiger partial charge in [-0.3, -0.25) is 9.59 Å². The number of hydrogen-bond acceptors (Lipinski definition) is 2. The van der Waals surface area contributed by atoms with Crippen LogP contribution in [0.15, 0.2) is 30.3 Å². The third-order valence-electron chi connectivity index (χ3n) is 5.93. The lowest BCUT2D eigenvalue weighted by atomic mass is 9.95. The van der Waals surface area contributed by atoms with Crippen LogP contribution < -0.4 is 0 Å². The van der Waals surface area contributed by atoms with Crippen LogP contribution >= 0.6 is 0 Å². The Morgan fingerprint density at radius 2 is 1.69 bits per heavy atom. The van der Waals surface area contributed by atoms with Crippen LogP contribution in [-0.4, -0.2) is 52.4 Å². The van der Waals surface area contributed by atoms with Crippen LogP contribution in [0.4, 0.5) is 0 Å². The van der Waals surface area contributed by atoms with Crippen molar-refractivity contribution in [3.05, 3.63) is 36.0 Å². The van der Waals surface area contributed by atoms with Gasteiger partial charge in [-0.25, -0.2) is 0 Å². The fourth-order valence-electron chi connectivity index (χ4n) is 4.37. The van der Waals surface area contributed by atoms with Crippen LogP contribution in [0.2, 0.25) is 0 Å². The second kappa shape index (κ2) is 7.14. The summed E-state index contributed by atoms with van der Waals surface area (Å²) >= 11 is 0. The maximum Gasteiger partial charge on any atom is 0.242 e. The number of aryl methyl sites for hydroxylation is 1. The van der Waals surface area contributed by atoms with E-state index in [1.807, 2.05) is 28.9 Å². The largest absolute Gasteiger partial charge is 0.342 e. The molecule has 0 bridgehead atoms. The highest BCUT2D eigenvalue weighted by atomic mass is 16.2. The fourth-order valence-corrected chi connectivity index (χ4v) is 4.37. The van der Waals surface area contributed by atoms with Crippen molar-refractivity contribution in [2.24, 2.45) is 5.92 Å². The van der Waals surface area contributed by atoms with E-state index < -0.39 is 0 Å². The van der Waals surface area contributed by atoms with E-state index in [1.165, 1.54) is 5.39 Å². The van der Waals surface area contributed by atoms with Gasteiger partial charge in [0.1, 0.15) is 6.54 Å². The summed E-state index contributed by atoms with van der Waals surface area (Å²) in [7, 11) is 0. The molecule has 0 atom stereocenters. The molecule has 2 saturated heterocycles. The second-order valence-corrected chi connectivity index (χ2v) is 7.62. The third kappa shape index (κ3) is 3.22. The molecule has 3 heterocycles. The van der Waals surface area contributed by atoms with E-state index in [0.717, 1.165) is 50.0 Å². The Morgan fingerprint density at radius 3 is 2.42 bits per heavy atom. The number of rotatable bonds is 3. The van der Waals surface area contributed by atoms with Crippen molar-refractivity contribution in [2.75, 3.05) is 26.2 Å². The maximum atomic E-state index is 12.8. The molecular weight excluding hydrogens is 326 g/mol. The number of nitrogens with zero attached hydrogens (tertiary/aromatic N) is 3. The molecule has 26 heavy (non-hydrogen) atoms. The molecular formula is C21H27N3O2. The molecule has 2 amide bonds. The molecule has 5 nitrogen and oxygen atoms in total. The molecule has 1 aromatic heterocycles. The first kappa shape index (κ1) is 17.1. The van der Waals surface area contributed by atoms with Gasteiger partial charge in [0, 0.05) is 43.3 Å². The number of piperidine rings is 1. The number of fused-ring (bicyclic) bond motifs is 1. The van der Waals surface area contributed by atoms with Gasteiger partial charge in [-0.1, -0.05) is 18.2 Å². The summed E-state index contributed by atoms with van der Waals surface area (Å²) in [6.07, 6.45) is 3.86. The highest BCUT2D eigenvalue weighted by Crippen LogP contribution is 2.23. The number of carbonyl (C=O) groups excluding carboxylic acids is 2. The Labute approximate surface area is 154 Å². The number of hydrogen-bond donors (Lipinski definition) is 0. The lowest BCUT2D eigenvalue weighted by Gasteiger charge is -2.33. The van der Waals surface area contributed by atoms with Crippen molar-refractivity contribution in [3.8, 4) is 0 Å². The topological polar surface area (TPSA) is 45.6 Å². The minimum absolute atomic E-state index is 0.103. The van der Waals surface area contributed by atoms with Crippen LogP contribution in [0, 0.1) is 12.8 Å². The Morgan fingerprint density at radius 1 is 1.00 bits per heavy atom. The first-order valence-corrected chi connectivity index (χ1v) is 9.75. The van der Waals surface area contributed by atoms with Crippen molar-refractivity contribution in [2.45, 2.75) is 39.2 Å². The smallest absolute Gasteiger partial charge is 0.242 e. The average molecular weight is 353 g/mol. The summed E-state index contributed by atoms with van der Waals surface area (Å²) in [6, 6.07) is 10.3. The monoisotopic (exact) mass is 353 g/mol. The molecule has 0 unspecified atom stereocenters. The van der Waals surface area contributed by atoms with Gasteiger partial charge in [0.25, 0.3) is 0 Å².